The van der Waals surface area contributed by atoms with Gasteiger partial charge in [-0.05, 0) is 32.1 Å². The van der Waals surface area contributed by atoms with Crippen molar-refractivity contribution in [3.05, 3.63) is 0 Å². The Morgan fingerprint density at radius 3 is 2.67 bits per heavy atom. The molecule has 0 aromatic carbocycles. The van der Waals surface area contributed by atoms with Crippen LogP contribution < -0.4 is 5.32 Å². The van der Waals surface area contributed by atoms with Crippen LogP contribution in [0.5, 0.6) is 0 Å². The molecule has 106 valence electrons. The molecule has 0 amide bonds. The highest BCUT2D eigenvalue weighted by Crippen LogP contribution is 2.33. The molecule has 2 aliphatic heterocycles. The Morgan fingerprint density at radius 2 is 2.11 bits per heavy atom. The summed E-state index contributed by atoms with van der Waals surface area (Å²) in [5, 5.41) is 3.72. The molecule has 0 aromatic heterocycles. The monoisotopic (exact) mass is 256 g/mol. The second kappa shape index (κ2) is 6.85. The minimum absolute atomic E-state index is 0.476. The second-order valence-corrected chi connectivity index (χ2v) is 5.84. The van der Waals surface area contributed by atoms with Crippen LogP contribution in [0.1, 0.15) is 26.2 Å². The van der Waals surface area contributed by atoms with Gasteiger partial charge in [-0.1, -0.05) is 0 Å². The third-order valence-corrected chi connectivity index (χ3v) is 4.52. The van der Waals surface area contributed by atoms with Gasteiger partial charge in [-0.2, -0.15) is 0 Å². The lowest BCUT2D eigenvalue weighted by Gasteiger charge is -2.33. The number of fused-ring (bicyclic) bond motifs is 2. The van der Waals surface area contributed by atoms with Crippen molar-refractivity contribution in [2.24, 2.45) is 5.92 Å². The largest absolute Gasteiger partial charge is 0.383 e. The quantitative estimate of drug-likeness (QED) is 0.705. The molecule has 18 heavy (non-hydrogen) atoms. The normalized spacial score (nSPS) is 32.3. The summed E-state index contributed by atoms with van der Waals surface area (Å²) in [5.41, 5.74) is 0. The second-order valence-electron chi connectivity index (χ2n) is 5.84. The highest BCUT2D eigenvalue weighted by Gasteiger charge is 2.39. The van der Waals surface area contributed by atoms with Gasteiger partial charge in [0.15, 0.2) is 0 Å². The van der Waals surface area contributed by atoms with Gasteiger partial charge in [0.25, 0.3) is 0 Å². The maximum absolute atomic E-state index is 5.29. The minimum atomic E-state index is 0.476. The summed E-state index contributed by atoms with van der Waals surface area (Å²) >= 11 is 0. The molecule has 0 aromatic rings. The van der Waals surface area contributed by atoms with Gasteiger partial charge in [-0.3, -0.25) is 4.90 Å². The van der Waals surface area contributed by atoms with Crippen LogP contribution >= 0.6 is 0 Å². The first-order chi connectivity index (χ1) is 8.74. The molecule has 2 aliphatic rings. The summed E-state index contributed by atoms with van der Waals surface area (Å²) in [6.45, 7) is 6.05. The van der Waals surface area contributed by atoms with E-state index in [0.29, 0.717) is 6.04 Å². The minimum Gasteiger partial charge on any atom is -0.383 e. The van der Waals surface area contributed by atoms with Crippen molar-refractivity contribution in [1.82, 2.24) is 10.2 Å². The van der Waals surface area contributed by atoms with Crippen molar-refractivity contribution >= 4 is 0 Å². The molecule has 1 N–H and O–H groups in total. The zero-order chi connectivity index (χ0) is 13.0. The van der Waals surface area contributed by atoms with Gasteiger partial charge < -0.3 is 14.8 Å². The van der Waals surface area contributed by atoms with Crippen molar-refractivity contribution < 1.29 is 9.47 Å². The summed E-state index contributed by atoms with van der Waals surface area (Å²) < 4.78 is 10.5. The van der Waals surface area contributed by atoms with E-state index in [1.54, 1.807) is 14.2 Å². The first-order valence-electron chi connectivity index (χ1n) is 7.22. The first-order valence-corrected chi connectivity index (χ1v) is 7.22. The van der Waals surface area contributed by atoms with Crippen molar-refractivity contribution in [1.29, 1.82) is 0 Å². The van der Waals surface area contributed by atoms with Gasteiger partial charge >= 0.3 is 0 Å². The van der Waals surface area contributed by atoms with Gasteiger partial charge in [0.05, 0.1) is 13.2 Å². The molecule has 4 nitrogen and oxygen atoms in total. The highest BCUT2D eigenvalue weighted by molar-refractivity contribution is 4.98. The fourth-order valence-electron chi connectivity index (χ4n) is 3.49. The number of hydrogen-bond donors (Lipinski definition) is 1. The Hall–Kier alpha value is -0.160. The average Bonchev–Trinajstić information content (AvgIpc) is 2.96. The third kappa shape index (κ3) is 3.44. The summed E-state index contributed by atoms with van der Waals surface area (Å²) in [6.07, 6.45) is 4.10. The molecule has 0 aliphatic carbocycles. The fourth-order valence-corrected chi connectivity index (χ4v) is 3.49. The number of methoxy groups -OCH3 is 2. The van der Waals surface area contributed by atoms with Crippen LogP contribution in [-0.4, -0.2) is 63.5 Å². The van der Waals surface area contributed by atoms with E-state index in [0.717, 1.165) is 37.8 Å². The van der Waals surface area contributed by atoms with Gasteiger partial charge in [-0.25, -0.2) is 0 Å². The predicted octanol–water partition coefficient (Wildman–Crippen LogP) is 1.11. The van der Waals surface area contributed by atoms with E-state index < -0.39 is 0 Å². The van der Waals surface area contributed by atoms with Crippen molar-refractivity contribution in [2.45, 2.75) is 44.3 Å². The molecular formula is C14H28N2O2. The molecule has 4 unspecified atom stereocenters. The molecule has 2 heterocycles. The highest BCUT2D eigenvalue weighted by atomic mass is 16.5. The molecule has 2 rings (SSSR count). The Labute approximate surface area is 111 Å². The lowest BCUT2D eigenvalue weighted by molar-refractivity contribution is 0.0620. The lowest BCUT2D eigenvalue weighted by atomic mass is 9.88. The Balaban J connectivity index is 1.83. The van der Waals surface area contributed by atoms with Crippen LogP contribution in [0.25, 0.3) is 0 Å². The molecule has 4 heteroatoms. The molecule has 0 spiro atoms. The maximum Gasteiger partial charge on any atom is 0.0615 e. The van der Waals surface area contributed by atoms with Gasteiger partial charge in [0.2, 0.25) is 0 Å². The summed E-state index contributed by atoms with van der Waals surface area (Å²) in [6, 6.07) is 2.03. The van der Waals surface area contributed by atoms with E-state index in [-0.39, 0.29) is 0 Å². The summed E-state index contributed by atoms with van der Waals surface area (Å²) in [4.78, 5) is 2.53. The topological polar surface area (TPSA) is 33.7 Å². The zero-order valence-electron chi connectivity index (χ0n) is 12.0. The van der Waals surface area contributed by atoms with Crippen LogP contribution in [0.2, 0.25) is 0 Å². The molecule has 0 radical (unpaired) electrons. The smallest absolute Gasteiger partial charge is 0.0615 e. The number of rotatable bonds is 8. The standard InChI is InChI=1S/C14H28N2O2/c1-11(10-18-3)16(6-7-17-2)9-12-8-13-4-5-14(12)15-13/h11-15H,4-10H2,1-3H3. The van der Waals surface area contributed by atoms with Crippen LogP contribution in [0.3, 0.4) is 0 Å². The zero-order valence-corrected chi connectivity index (χ0v) is 12.0. The Morgan fingerprint density at radius 1 is 1.28 bits per heavy atom. The molecular weight excluding hydrogens is 228 g/mol. The SMILES string of the molecule is COCCN(CC1CC2CCC1N2)C(C)COC. The molecule has 2 bridgehead atoms. The number of nitrogens with one attached hydrogen (secondary N) is 1. The predicted molar refractivity (Wildman–Crippen MR) is 72.8 cm³/mol. The van der Waals surface area contributed by atoms with Gasteiger partial charge in [-0.15, -0.1) is 0 Å². The summed E-state index contributed by atoms with van der Waals surface area (Å²) in [7, 11) is 3.56. The van der Waals surface area contributed by atoms with Crippen molar-refractivity contribution in [2.75, 3.05) is 40.5 Å². The lowest BCUT2D eigenvalue weighted by Crippen LogP contribution is -2.43. The van der Waals surface area contributed by atoms with Crippen LogP contribution in [-0.2, 0) is 9.47 Å². The van der Waals surface area contributed by atoms with Crippen LogP contribution in [0.4, 0.5) is 0 Å². The molecule has 2 saturated heterocycles. The van der Waals surface area contributed by atoms with E-state index in [1.165, 1.54) is 25.8 Å². The average molecular weight is 256 g/mol. The van der Waals surface area contributed by atoms with E-state index in [4.69, 9.17) is 9.47 Å². The summed E-state index contributed by atoms with van der Waals surface area (Å²) in [5.74, 6) is 0.819. The molecule has 4 atom stereocenters. The van der Waals surface area contributed by atoms with Gasteiger partial charge in [0, 0.05) is 45.4 Å². The molecule has 0 saturated carbocycles. The van der Waals surface area contributed by atoms with Crippen molar-refractivity contribution in [3.63, 3.8) is 0 Å². The number of ether oxygens (including phenoxy) is 2. The number of nitrogens with zero attached hydrogens (tertiary/aromatic N) is 1. The van der Waals surface area contributed by atoms with Crippen molar-refractivity contribution in [3.8, 4) is 0 Å². The van der Waals surface area contributed by atoms with E-state index in [2.05, 4.69) is 17.1 Å². The maximum atomic E-state index is 5.29. The van der Waals surface area contributed by atoms with Crippen LogP contribution in [0, 0.1) is 5.92 Å². The Kier molecular flexibility index (Phi) is 5.42. The van der Waals surface area contributed by atoms with Gasteiger partial charge in [0.1, 0.15) is 0 Å². The van der Waals surface area contributed by atoms with Crippen LogP contribution in [0.15, 0.2) is 0 Å². The molecule has 2 fully saturated rings. The van der Waals surface area contributed by atoms with E-state index in [9.17, 15) is 0 Å². The first kappa shape index (κ1) is 14.3. The Bertz CT molecular complexity index is 250. The third-order valence-electron chi connectivity index (χ3n) is 4.52. The fraction of sp³-hybridized carbons (Fsp3) is 1.00. The number of hydrogen-bond acceptors (Lipinski definition) is 4. The van der Waals surface area contributed by atoms with E-state index >= 15 is 0 Å². The van der Waals surface area contributed by atoms with E-state index in [1.807, 2.05) is 0 Å².